The molecule has 5 aromatic heterocycles. The largest absolute Gasteiger partial charge is 0.418 e. The van der Waals surface area contributed by atoms with Gasteiger partial charge in [0.25, 0.3) is 5.56 Å². The van der Waals surface area contributed by atoms with E-state index in [0.717, 1.165) is 10.6 Å². The molecule has 40 heavy (non-hydrogen) atoms. The van der Waals surface area contributed by atoms with Crippen molar-refractivity contribution in [1.29, 1.82) is 0 Å². The van der Waals surface area contributed by atoms with Crippen LogP contribution in [0.1, 0.15) is 35.9 Å². The van der Waals surface area contributed by atoms with Gasteiger partial charge < -0.3 is 14.8 Å². The number of amides is 1. The summed E-state index contributed by atoms with van der Waals surface area (Å²) in [5.74, 6) is -0.106. The Kier molecular flexibility index (Phi) is 7.68. The Bertz CT molecular complexity index is 1800. The van der Waals surface area contributed by atoms with E-state index in [4.69, 9.17) is 10.3 Å². The Morgan fingerprint density at radius 3 is 2.50 bits per heavy atom. The SMILES string of the molecule is Cc1ncc(-c2nccs2)cc1C(F)(F)F.Cc1noc(Cn2c(=O)c3c(ncn3[C@@H](C)C(N)=O)n(C)c2=O)n1. The standard InChI is InChI=1S/C13H15N7O4.C10H7F3N2S/c1-6(10(14)21)20-5-15-11-9(20)12(22)19(13(23)18(11)3)4-8-16-7(2)17-24-8;1-6-8(10(11,12)13)4-7(5-15-6)9-14-2-3-16-9/h5-6H,4H2,1-3H3,(H2,14,21);2-5H,1H3/t6-;/m0./s1. The molecule has 0 aromatic carbocycles. The summed E-state index contributed by atoms with van der Waals surface area (Å²) in [4.78, 5) is 52.4. The normalized spacial score (nSPS) is 12.3. The zero-order valence-electron chi connectivity index (χ0n) is 21.5. The number of nitrogens with two attached hydrogens (primary N) is 1. The average Bonchev–Trinajstić information content (AvgIpc) is 3.66. The fourth-order valence-corrected chi connectivity index (χ4v) is 4.32. The molecule has 0 aliphatic rings. The van der Waals surface area contributed by atoms with Gasteiger partial charge in [0.2, 0.25) is 11.8 Å². The highest BCUT2D eigenvalue weighted by Gasteiger charge is 2.33. The van der Waals surface area contributed by atoms with Gasteiger partial charge >= 0.3 is 11.9 Å². The third kappa shape index (κ3) is 5.54. The predicted octanol–water partition coefficient (Wildman–Crippen LogP) is 2.22. The third-order valence-electron chi connectivity index (χ3n) is 5.82. The summed E-state index contributed by atoms with van der Waals surface area (Å²) in [6.45, 7) is 4.33. The molecule has 0 radical (unpaired) electrons. The van der Waals surface area contributed by atoms with Gasteiger partial charge in [-0.15, -0.1) is 11.3 Å². The minimum atomic E-state index is -4.37. The molecule has 17 heteroatoms. The number of hydrogen-bond acceptors (Lipinski definition) is 10. The number of halogens is 3. The Hall–Kier alpha value is -4.67. The van der Waals surface area contributed by atoms with E-state index >= 15 is 0 Å². The number of hydrogen-bond donors (Lipinski definition) is 1. The van der Waals surface area contributed by atoms with E-state index in [1.807, 2.05) is 0 Å². The van der Waals surface area contributed by atoms with Crippen LogP contribution in [0.3, 0.4) is 0 Å². The van der Waals surface area contributed by atoms with Crippen molar-refractivity contribution in [2.75, 3.05) is 0 Å². The monoisotopic (exact) mass is 577 g/mol. The van der Waals surface area contributed by atoms with E-state index < -0.39 is 34.9 Å². The molecule has 1 atom stereocenters. The molecule has 5 rings (SSSR count). The highest BCUT2D eigenvalue weighted by Crippen LogP contribution is 2.34. The van der Waals surface area contributed by atoms with Gasteiger partial charge in [-0.2, -0.15) is 18.2 Å². The molecule has 0 aliphatic carbocycles. The van der Waals surface area contributed by atoms with Crippen molar-refractivity contribution in [3.8, 4) is 10.6 Å². The minimum Gasteiger partial charge on any atom is -0.368 e. The Morgan fingerprint density at radius 1 is 1.20 bits per heavy atom. The lowest BCUT2D eigenvalue weighted by Crippen LogP contribution is -2.40. The first-order valence-corrected chi connectivity index (χ1v) is 12.4. The van der Waals surface area contributed by atoms with Crippen LogP contribution >= 0.6 is 11.3 Å². The fraction of sp³-hybridized carbons (Fsp3) is 0.304. The summed E-state index contributed by atoms with van der Waals surface area (Å²) in [6.07, 6.45) is -0.108. The van der Waals surface area contributed by atoms with E-state index in [2.05, 4.69) is 25.1 Å². The smallest absolute Gasteiger partial charge is 0.368 e. The predicted molar refractivity (Wildman–Crippen MR) is 136 cm³/mol. The van der Waals surface area contributed by atoms with Crippen LogP contribution in [0.4, 0.5) is 13.2 Å². The Morgan fingerprint density at radius 2 is 1.93 bits per heavy atom. The van der Waals surface area contributed by atoms with Crippen molar-refractivity contribution in [2.45, 2.75) is 39.5 Å². The molecule has 13 nitrogen and oxygen atoms in total. The summed E-state index contributed by atoms with van der Waals surface area (Å²) >= 11 is 1.28. The van der Waals surface area contributed by atoms with Crippen LogP contribution in [0.2, 0.25) is 0 Å². The van der Waals surface area contributed by atoms with Crippen molar-refractivity contribution in [3.05, 3.63) is 74.0 Å². The number of imidazole rings is 1. The van der Waals surface area contributed by atoms with Gasteiger partial charge in [0.05, 0.1) is 11.9 Å². The van der Waals surface area contributed by atoms with Crippen LogP contribution in [0.5, 0.6) is 0 Å². The molecule has 0 fully saturated rings. The van der Waals surface area contributed by atoms with Crippen LogP contribution in [0, 0.1) is 13.8 Å². The maximum absolute atomic E-state index is 12.8. The number of fused-ring (bicyclic) bond motifs is 1. The summed E-state index contributed by atoms with van der Waals surface area (Å²) < 4.78 is 46.3. The molecule has 0 bridgehead atoms. The van der Waals surface area contributed by atoms with Gasteiger partial charge in [0.1, 0.15) is 17.6 Å². The molecule has 0 saturated carbocycles. The number of rotatable bonds is 5. The maximum atomic E-state index is 12.8. The average molecular weight is 578 g/mol. The third-order valence-corrected chi connectivity index (χ3v) is 6.64. The second-order valence-electron chi connectivity index (χ2n) is 8.56. The highest BCUT2D eigenvalue weighted by molar-refractivity contribution is 7.13. The van der Waals surface area contributed by atoms with Crippen LogP contribution in [-0.4, -0.2) is 44.7 Å². The number of pyridine rings is 1. The summed E-state index contributed by atoms with van der Waals surface area (Å²) in [7, 11) is 1.48. The quantitative estimate of drug-likeness (QED) is 0.329. The van der Waals surface area contributed by atoms with Crippen molar-refractivity contribution in [1.82, 2.24) is 38.8 Å². The minimum absolute atomic E-state index is 0.0205. The van der Waals surface area contributed by atoms with E-state index in [1.54, 1.807) is 25.4 Å². The van der Waals surface area contributed by atoms with Gasteiger partial charge in [-0.25, -0.2) is 19.3 Å². The molecule has 2 N–H and O–H groups in total. The van der Waals surface area contributed by atoms with Crippen molar-refractivity contribution in [2.24, 2.45) is 12.8 Å². The molecular formula is C23H22F3N9O4S. The Balaban J connectivity index is 0.000000201. The van der Waals surface area contributed by atoms with Gasteiger partial charge in [0, 0.05) is 36.1 Å². The highest BCUT2D eigenvalue weighted by atomic mass is 32.1. The van der Waals surface area contributed by atoms with E-state index in [-0.39, 0.29) is 29.3 Å². The molecule has 0 spiro atoms. The second-order valence-corrected chi connectivity index (χ2v) is 9.46. The zero-order valence-corrected chi connectivity index (χ0v) is 22.3. The number of aromatic nitrogens is 8. The van der Waals surface area contributed by atoms with Crippen LogP contribution < -0.4 is 17.0 Å². The van der Waals surface area contributed by atoms with Crippen LogP contribution in [-0.2, 0) is 24.6 Å². The number of nitrogens with zero attached hydrogens (tertiary/aromatic N) is 8. The summed E-state index contributed by atoms with van der Waals surface area (Å²) in [5.41, 5.74) is 4.03. The first-order valence-electron chi connectivity index (χ1n) is 11.5. The molecule has 1 amide bonds. The molecular weight excluding hydrogens is 555 g/mol. The molecule has 5 heterocycles. The summed E-state index contributed by atoms with van der Waals surface area (Å²) in [6, 6.07) is 0.292. The van der Waals surface area contributed by atoms with E-state index in [0.29, 0.717) is 16.4 Å². The second kappa shape index (κ2) is 10.8. The first kappa shape index (κ1) is 28.3. The molecule has 0 aliphatic heterocycles. The lowest BCUT2D eigenvalue weighted by Gasteiger charge is -2.11. The molecule has 0 unspecified atom stereocenters. The number of alkyl halides is 3. The number of aryl methyl sites for hydroxylation is 3. The lowest BCUT2D eigenvalue weighted by molar-refractivity contribution is -0.138. The van der Waals surface area contributed by atoms with Gasteiger partial charge in [-0.3, -0.25) is 19.1 Å². The van der Waals surface area contributed by atoms with Crippen molar-refractivity contribution >= 4 is 28.4 Å². The molecule has 0 saturated heterocycles. The van der Waals surface area contributed by atoms with E-state index in [9.17, 15) is 27.6 Å². The fourth-order valence-electron chi connectivity index (χ4n) is 3.70. The first-order chi connectivity index (χ1) is 18.8. The van der Waals surface area contributed by atoms with Gasteiger partial charge in [-0.1, -0.05) is 5.16 Å². The molecule has 210 valence electrons. The molecule has 5 aromatic rings. The van der Waals surface area contributed by atoms with E-state index in [1.165, 1.54) is 47.0 Å². The number of primary amides is 1. The van der Waals surface area contributed by atoms with Crippen molar-refractivity contribution < 1.29 is 22.5 Å². The number of thiazole rings is 1. The summed E-state index contributed by atoms with van der Waals surface area (Å²) in [5, 5.41) is 5.88. The number of carbonyl (C=O) groups is 1. The van der Waals surface area contributed by atoms with Gasteiger partial charge in [0.15, 0.2) is 17.0 Å². The van der Waals surface area contributed by atoms with Crippen molar-refractivity contribution in [3.63, 3.8) is 0 Å². The maximum Gasteiger partial charge on any atom is 0.418 e. The Labute approximate surface area is 226 Å². The number of carbonyl (C=O) groups excluding carboxylic acids is 1. The topological polar surface area (TPSA) is 170 Å². The lowest BCUT2D eigenvalue weighted by atomic mass is 10.1. The van der Waals surface area contributed by atoms with Gasteiger partial charge in [-0.05, 0) is 26.8 Å². The van der Waals surface area contributed by atoms with Crippen LogP contribution in [0.15, 0.2) is 44.3 Å². The zero-order chi connectivity index (χ0) is 29.4. The van der Waals surface area contributed by atoms with Crippen LogP contribution in [0.25, 0.3) is 21.7 Å².